The molecule has 1 aliphatic heterocycles. The summed E-state index contributed by atoms with van der Waals surface area (Å²) < 4.78 is 12.8. The van der Waals surface area contributed by atoms with Gasteiger partial charge in [0.15, 0.2) is 0 Å². The minimum absolute atomic E-state index is 0.0903. The Labute approximate surface area is 217 Å². The predicted molar refractivity (Wildman–Crippen MR) is 139 cm³/mol. The number of aryl methyl sites for hydroxylation is 1. The number of aliphatic hydroxyl groups is 1. The van der Waals surface area contributed by atoms with Crippen LogP contribution in [0.5, 0.6) is 5.75 Å². The van der Waals surface area contributed by atoms with Gasteiger partial charge in [-0.3, -0.25) is 4.79 Å². The molecule has 0 spiro atoms. The molecule has 2 atom stereocenters. The Morgan fingerprint density at radius 2 is 2.06 bits per heavy atom. The van der Waals surface area contributed by atoms with Crippen molar-refractivity contribution in [2.24, 2.45) is 0 Å². The van der Waals surface area contributed by atoms with Crippen LogP contribution in [0.3, 0.4) is 0 Å². The molecule has 2 N–H and O–H groups in total. The van der Waals surface area contributed by atoms with Crippen LogP contribution in [-0.4, -0.2) is 75.4 Å². The molecule has 36 heavy (non-hydrogen) atoms. The van der Waals surface area contributed by atoms with Crippen LogP contribution in [0, 0.1) is 6.92 Å². The van der Waals surface area contributed by atoms with Gasteiger partial charge >= 0.3 is 6.09 Å². The highest BCUT2D eigenvalue weighted by molar-refractivity contribution is 6.17. The molecule has 1 aromatic carbocycles. The molecule has 1 fully saturated rings. The summed E-state index contributed by atoms with van der Waals surface area (Å²) in [6, 6.07) is 5.05. The molecule has 10 heteroatoms. The highest BCUT2D eigenvalue weighted by Gasteiger charge is 2.37. The Balaban J connectivity index is 1.77. The molecule has 3 rings (SSSR count). The number of rotatable bonds is 8. The number of aromatic nitrogens is 2. The van der Waals surface area contributed by atoms with E-state index in [1.807, 2.05) is 35.9 Å². The molecule has 2 aromatic rings. The van der Waals surface area contributed by atoms with Crippen LogP contribution in [0.1, 0.15) is 44.9 Å². The number of methoxy groups -OCH3 is 1. The molecule has 0 bridgehead atoms. The molecule has 0 radical (unpaired) electrons. The van der Waals surface area contributed by atoms with Crippen molar-refractivity contribution >= 4 is 29.7 Å². The fourth-order valence-corrected chi connectivity index (χ4v) is 4.06. The largest absolute Gasteiger partial charge is 0.495 e. The van der Waals surface area contributed by atoms with E-state index < -0.39 is 23.8 Å². The number of β-amino-alcohol motifs (C(OH)–C–C–N with tert-alkyl or cyclic N) is 1. The lowest BCUT2D eigenvalue weighted by Crippen LogP contribution is -2.43. The summed E-state index contributed by atoms with van der Waals surface area (Å²) in [6.45, 7) is 7.51. The Hall–Kier alpha value is -3.04. The SMILES string of the molecule is COc1cc(C=C(CCCCl)C(=O)NC2CN(C(=O)OC(C)(C)C)CC2O)ccc1-n1cnc(C)c1. The lowest BCUT2D eigenvalue weighted by molar-refractivity contribution is -0.118. The number of likely N-dealkylation sites (tertiary alicyclic amines) is 1. The maximum absolute atomic E-state index is 13.2. The smallest absolute Gasteiger partial charge is 0.410 e. The van der Waals surface area contributed by atoms with Crippen molar-refractivity contribution in [1.82, 2.24) is 19.8 Å². The normalized spacial score (nSPS) is 18.3. The first-order chi connectivity index (χ1) is 17.0. The number of aliphatic hydroxyl groups excluding tert-OH is 1. The number of carbonyl (C=O) groups is 2. The van der Waals surface area contributed by atoms with Crippen molar-refractivity contribution in [2.75, 3.05) is 26.1 Å². The zero-order valence-electron chi connectivity index (χ0n) is 21.5. The molecule has 1 aliphatic rings. The Kier molecular flexibility index (Phi) is 9.03. The van der Waals surface area contributed by atoms with Gasteiger partial charge in [0.25, 0.3) is 0 Å². The highest BCUT2D eigenvalue weighted by atomic mass is 35.5. The van der Waals surface area contributed by atoms with Gasteiger partial charge in [-0.2, -0.15) is 0 Å². The van der Waals surface area contributed by atoms with Crippen molar-refractivity contribution in [3.8, 4) is 11.4 Å². The van der Waals surface area contributed by atoms with E-state index in [0.717, 1.165) is 16.9 Å². The van der Waals surface area contributed by atoms with Crippen LogP contribution in [0.4, 0.5) is 4.79 Å². The van der Waals surface area contributed by atoms with E-state index in [-0.39, 0.29) is 19.0 Å². The zero-order chi connectivity index (χ0) is 26.5. The van der Waals surface area contributed by atoms with Crippen molar-refractivity contribution in [3.05, 3.63) is 47.6 Å². The topological polar surface area (TPSA) is 106 Å². The van der Waals surface area contributed by atoms with E-state index in [2.05, 4.69) is 10.3 Å². The molecule has 9 nitrogen and oxygen atoms in total. The Morgan fingerprint density at radius 1 is 1.31 bits per heavy atom. The molecule has 0 aliphatic carbocycles. The first kappa shape index (κ1) is 27.5. The van der Waals surface area contributed by atoms with Crippen molar-refractivity contribution < 1.29 is 24.2 Å². The van der Waals surface area contributed by atoms with Crippen LogP contribution < -0.4 is 10.1 Å². The van der Waals surface area contributed by atoms with Crippen LogP contribution in [0.15, 0.2) is 36.3 Å². The van der Waals surface area contributed by atoms with Gasteiger partial charge in [-0.15, -0.1) is 11.6 Å². The predicted octanol–water partition coefficient (Wildman–Crippen LogP) is 3.69. The van der Waals surface area contributed by atoms with E-state index in [4.69, 9.17) is 21.1 Å². The lowest BCUT2D eigenvalue weighted by Gasteiger charge is -2.24. The van der Waals surface area contributed by atoms with Gasteiger partial charge in [0, 0.05) is 24.2 Å². The van der Waals surface area contributed by atoms with Gasteiger partial charge < -0.3 is 29.4 Å². The number of hydrogen-bond acceptors (Lipinski definition) is 6. The fourth-order valence-electron chi connectivity index (χ4n) is 3.93. The first-order valence-electron chi connectivity index (χ1n) is 11.9. The maximum Gasteiger partial charge on any atom is 0.410 e. The van der Waals surface area contributed by atoms with E-state index in [1.165, 1.54) is 4.90 Å². The fraction of sp³-hybridized carbons (Fsp3) is 0.500. The minimum Gasteiger partial charge on any atom is -0.495 e. The summed E-state index contributed by atoms with van der Waals surface area (Å²) in [5, 5.41) is 13.4. The number of amides is 2. The molecule has 2 amide bonds. The molecule has 0 saturated carbocycles. The third-order valence-corrected chi connectivity index (χ3v) is 5.93. The third kappa shape index (κ3) is 7.24. The number of carbonyl (C=O) groups excluding carboxylic acids is 2. The number of imidazole rings is 1. The van der Waals surface area contributed by atoms with E-state index >= 15 is 0 Å². The zero-order valence-corrected chi connectivity index (χ0v) is 22.2. The molecule has 1 saturated heterocycles. The standard InChI is InChI=1S/C26H35ClN4O5/c1-17-13-31(16-28-17)21-9-8-18(12-23(21)35-5)11-19(7-6-10-27)24(33)29-20-14-30(15-22(20)32)25(34)36-26(2,3)4/h8-9,11-13,16,20,22,32H,6-7,10,14-15H2,1-5H3,(H,29,33). The molecule has 2 heterocycles. The summed E-state index contributed by atoms with van der Waals surface area (Å²) >= 11 is 5.91. The average molecular weight is 519 g/mol. The molecular weight excluding hydrogens is 484 g/mol. The summed E-state index contributed by atoms with van der Waals surface area (Å²) in [5.74, 6) is 0.728. The quantitative estimate of drug-likeness (QED) is 0.408. The number of nitrogens with zero attached hydrogens (tertiary/aromatic N) is 3. The summed E-state index contributed by atoms with van der Waals surface area (Å²) in [4.78, 5) is 31.2. The second-order valence-corrected chi connectivity index (χ2v) is 10.2. The van der Waals surface area contributed by atoms with E-state index in [1.54, 1.807) is 40.3 Å². The van der Waals surface area contributed by atoms with Crippen LogP contribution in [0.2, 0.25) is 0 Å². The van der Waals surface area contributed by atoms with Gasteiger partial charge in [-0.1, -0.05) is 6.07 Å². The van der Waals surface area contributed by atoms with Gasteiger partial charge in [0.2, 0.25) is 5.91 Å². The van der Waals surface area contributed by atoms with Crippen molar-refractivity contribution in [1.29, 1.82) is 0 Å². The average Bonchev–Trinajstić information content (AvgIpc) is 3.40. The number of alkyl halides is 1. The first-order valence-corrected chi connectivity index (χ1v) is 12.5. The number of hydrogen-bond donors (Lipinski definition) is 2. The van der Waals surface area contributed by atoms with Crippen molar-refractivity contribution in [3.63, 3.8) is 0 Å². The van der Waals surface area contributed by atoms with Crippen LogP contribution in [0.25, 0.3) is 11.8 Å². The molecule has 1 aromatic heterocycles. The lowest BCUT2D eigenvalue weighted by atomic mass is 10.0. The third-order valence-electron chi connectivity index (χ3n) is 5.66. The van der Waals surface area contributed by atoms with Crippen molar-refractivity contribution in [2.45, 2.75) is 58.3 Å². The Morgan fingerprint density at radius 3 is 2.67 bits per heavy atom. The second kappa shape index (κ2) is 11.8. The second-order valence-electron chi connectivity index (χ2n) is 9.85. The summed E-state index contributed by atoms with van der Waals surface area (Å²) in [5.41, 5.74) is 2.38. The van der Waals surface area contributed by atoms with Crippen LogP contribution in [-0.2, 0) is 9.53 Å². The Bertz CT molecular complexity index is 1110. The number of ether oxygens (including phenoxy) is 2. The number of benzene rings is 1. The molecular formula is C26H35ClN4O5. The van der Waals surface area contributed by atoms with E-state index in [9.17, 15) is 14.7 Å². The van der Waals surface area contributed by atoms with Gasteiger partial charge in [-0.25, -0.2) is 9.78 Å². The summed E-state index contributed by atoms with van der Waals surface area (Å²) in [7, 11) is 1.59. The highest BCUT2D eigenvalue weighted by Crippen LogP contribution is 2.26. The molecule has 196 valence electrons. The van der Waals surface area contributed by atoms with Crippen LogP contribution >= 0.6 is 11.6 Å². The van der Waals surface area contributed by atoms with Gasteiger partial charge in [0.1, 0.15) is 11.4 Å². The minimum atomic E-state index is -0.895. The molecule has 2 unspecified atom stereocenters. The maximum atomic E-state index is 13.2. The van der Waals surface area contributed by atoms with Gasteiger partial charge in [-0.05, 0) is 64.3 Å². The van der Waals surface area contributed by atoms with E-state index in [0.29, 0.717) is 30.0 Å². The number of nitrogens with one attached hydrogen (secondary N) is 1. The summed E-state index contributed by atoms with van der Waals surface area (Å²) in [6.07, 6.45) is 5.07. The monoisotopic (exact) mass is 518 g/mol. The number of halogens is 1. The van der Waals surface area contributed by atoms with Gasteiger partial charge in [0.05, 0.1) is 43.5 Å².